The molecular formula is C10H11F2N3O3. The van der Waals surface area contributed by atoms with E-state index in [4.69, 9.17) is 5.11 Å². The van der Waals surface area contributed by atoms with Gasteiger partial charge in [0.25, 0.3) is 0 Å². The standard InChI is InChI=1S/C10H11F2N3O3/c11-10(12)15-2-1-13-7(15)5-14-4-6(9(17)18)3-8(14)16/h1-2,6,10H,3-5H2,(H,17,18). The number of likely N-dealkylation sites (tertiary alicyclic amines) is 1. The largest absolute Gasteiger partial charge is 0.481 e. The molecule has 18 heavy (non-hydrogen) atoms. The van der Waals surface area contributed by atoms with Gasteiger partial charge in [-0.1, -0.05) is 0 Å². The van der Waals surface area contributed by atoms with E-state index in [0.29, 0.717) is 4.57 Å². The Hall–Kier alpha value is -1.99. The van der Waals surface area contributed by atoms with E-state index in [2.05, 4.69) is 4.98 Å². The molecule has 1 aliphatic rings. The molecule has 1 amide bonds. The Morgan fingerprint density at radius 2 is 2.33 bits per heavy atom. The summed E-state index contributed by atoms with van der Waals surface area (Å²) in [6.07, 6.45) is 2.25. The van der Waals surface area contributed by atoms with Crippen LogP contribution in [0.15, 0.2) is 12.4 Å². The zero-order chi connectivity index (χ0) is 13.3. The minimum absolute atomic E-state index is 0.0320. The van der Waals surface area contributed by atoms with Crippen LogP contribution in [0.4, 0.5) is 8.78 Å². The molecule has 1 saturated heterocycles. The number of imidazole rings is 1. The second-order valence-corrected chi connectivity index (χ2v) is 4.04. The maximum absolute atomic E-state index is 12.6. The number of rotatable bonds is 4. The van der Waals surface area contributed by atoms with Gasteiger partial charge in [0.05, 0.1) is 12.5 Å². The van der Waals surface area contributed by atoms with Crippen LogP contribution in [0.2, 0.25) is 0 Å². The second kappa shape index (κ2) is 4.71. The van der Waals surface area contributed by atoms with Crippen LogP contribution in [0.1, 0.15) is 18.8 Å². The molecule has 1 aromatic rings. The van der Waals surface area contributed by atoms with Gasteiger partial charge in [0.2, 0.25) is 5.91 Å². The Morgan fingerprint density at radius 1 is 1.61 bits per heavy atom. The lowest BCUT2D eigenvalue weighted by molar-refractivity contribution is -0.141. The molecule has 1 aromatic heterocycles. The number of alkyl halides is 2. The van der Waals surface area contributed by atoms with E-state index < -0.39 is 18.4 Å². The van der Waals surface area contributed by atoms with Crippen LogP contribution >= 0.6 is 0 Å². The highest BCUT2D eigenvalue weighted by Crippen LogP contribution is 2.21. The summed E-state index contributed by atoms with van der Waals surface area (Å²) in [6.45, 7) is -2.79. The van der Waals surface area contributed by atoms with Gasteiger partial charge in [0.15, 0.2) is 0 Å². The highest BCUT2D eigenvalue weighted by Gasteiger charge is 2.34. The molecule has 1 atom stereocenters. The first-order chi connectivity index (χ1) is 8.49. The Labute approximate surface area is 101 Å². The summed E-state index contributed by atoms with van der Waals surface area (Å²) in [6, 6.07) is 0. The number of carbonyl (C=O) groups is 2. The number of carboxylic acids is 1. The van der Waals surface area contributed by atoms with E-state index in [-0.39, 0.29) is 31.2 Å². The van der Waals surface area contributed by atoms with Gasteiger partial charge < -0.3 is 10.0 Å². The van der Waals surface area contributed by atoms with E-state index in [1.54, 1.807) is 0 Å². The van der Waals surface area contributed by atoms with Crippen LogP contribution < -0.4 is 0 Å². The number of nitrogens with zero attached hydrogens (tertiary/aromatic N) is 3. The molecule has 1 unspecified atom stereocenters. The number of carbonyl (C=O) groups excluding carboxylic acids is 1. The number of carboxylic acid groups (broad SMARTS) is 1. The van der Waals surface area contributed by atoms with Gasteiger partial charge in [-0.3, -0.25) is 14.2 Å². The van der Waals surface area contributed by atoms with Crippen LogP contribution in [0, 0.1) is 5.92 Å². The van der Waals surface area contributed by atoms with Crippen molar-refractivity contribution in [3.05, 3.63) is 18.2 Å². The van der Waals surface area contributed by atoms with E-state index in [1.165, 1.54) is 11.1 Å². The van der Waals surface area contributed by atoms with Crippen LogP contribution in [-0.2, 0) is 16.1 Å². The summed E-state index contributed by atoms with van der Waals surface area (Å²) >= 11 is 0. The normalized spacial score (nSPS) is 19.8. The summed E-state index contributed by atoms with van der Waals surface area (Å²) in [4.78, 5) is 27.3. The molecule has 1 N–H and O–H groups in total. The summed E-state index contributed by atoms with van der Waals surface area (Å²) in [7, 11) is 0. The predicted octanol–water partition coefficient (Wildman–Crippen LogP) is 0.711. The fourth-order valence-electron chi connectivity index (χ4n) is 1.91. The Bertz CT molecular complexity index is 475. The second-order valence-electron chi connectivity index (χ2n) is 4.04. The molecule has 0 aromatic carbocycles. The molecule has 0 saturated carbocycles. The molecule has 6 nitrogen and oxygen atoms in total. The van der Waals surface area contributed by atoms with Crippen LogP contribution in [0.5, 0.6) is 0 Å². The molecule has 0 bridgehead atoms. The van der Waals surface area contributed by atoms with Crippen molar-refractivity contribution in [2.75, 3.05) is 6.54 Å². The maximum atomic E-state index is 12.6. The smallest absolute Gasteiger partial charge is 0.319 e. The molecule has 1 aliphatic heterocycles. The van der Waals surface area contributed by atoms with Gasteiger partial charge in [0.1, 0.15) is 5.82 Å². The van der Waals surface area contributed by atoms with Crippen molar-refractivity contribution in [1.29, 1.82) is 0 Å². The van der Waals surface area contributed by atoms with Crippen molar-refractivity contribution in [2.24, 2.45) is 5.92 Å². The number of hydrogen-bond donors (Lipinski definition) is 1. The fraction of sp³-hybridized carbons (Fsp3) is 0.500. The molecule has 0 spiro atoms. The van der Waals surface area contributed by atoms with Gasteiger partial charge in [0, 0.05) is 25.4 Å². The summed E-state index contributed by atoms with van der Waals surface area (Å²) < 4.78 is 25.8. The summed E-state index contributed by atoms with van der Waals surface area (Å²) in [5.41, 5.74) is 0. The SMILES string of the molecule is O=C(O)C1CC(=O)N(Cc2nccn2C(F)F)C1. The summed E-state index contributed by atoms with van der Waals surface area (Å²) in [5.74, 6) is -2.13. The molecule has 0 aliphatic carbocycles. The first kappa shape index (κ1) is 12.5. The van der Waals surface area contributed by atoms with Crippen molar-refractivity contribution in [3.8, 4) is 0 Å². The Morgan fingerprint density at radius 3 is 2.89 bits per heavy atom. The van der Waals surface area contributed by atoms with E-state index in [0.717, 1.165) is 6.20 Å². The Kier molecular flexibility index (Phi) is 3.26. The first-order valence-electron chi connectivity index (χ1n) is 5.29. The van der Waals surface area contributed by atoms with Crippen LogP contribution in [0.3, 0.4) is 0 Å². The molecule has 0 radical (unpaired) electrons. The zero-order valence-corrected chi connectivity index (χ0v) is 9.29. The molecule has 8 heteroatoms. The van der Waals surface area contributed by atoms with Crippen molar-refractivity contribution in [2.45, 2.75) is 19.5 Å². The topological polar surface area (TPSA) is 75.4 Å². The molecular weight excluding hydrogens is 248 g/mol. The van der Waals surface area contributed by atoms with Gasteiger partial charge in [-0.2, -0.15) is 8.78 Å². The summed E-state index contributed by atoms with van der Waals surface area (Å²) in [5, 5.41) is 8.80. The third-order valence-corrected chi connectivity index (χ3v) is 2.86. The number of amides is 1. The van der Waals surface area contributed by atoms with Gasteiger partial charge in [-0.15, -0.1) is 0 Å². The number of hydrogen-bond acceptors (Lipinski definition) is 3. The third-order valence-electron chi connectivity index (χ3n) is 2.86. The van der Waals surface area contributed by atoms with Gasteiger partial charge >= 0.3 is 12.5 Å². The quantitative estimate of drug-likeness (QED) is 0.864. The molecule has 1 fully saturated rings. The van der Waals surface area contributed by atoms with Crippen molar-refractivity contribution in [1.82, 2.24) is 14.5 Å². The maximum Gasteiger partial charge on any atom is 0.319 e. The van der Waals surface area contributed by atoms with Gasteiger partial charge in [-0.05, 0) is 0 Å². The molecule has 2 rings (SSSR count). The van der Waals surface area contributed by atoms with Crippen molar-refractivity contribution in [3.63, 3.8) is 0 Å². The lowest BCUT2D eigenvalue weighted by Crippen LogP contribution is -2.27. The van der Waals surface area contributed by atoms with Crippen molar-refractivity contribution >= 4 is 11.9 Å². The zero-order valence-electron chi connectivity index (χ0n) is 9.29. The number of aromatic nitrogens is 2. The van der Waals surface area contributed by atoms with E-state index in [1.807, 2.05) is 0 Å². The monoisotopic (exact) mass is 259 g/mol. The third kappa shape index (κ3) is 2.31. The highest BCUT2D eigenvalue weighted by molar-refractivity contribution is 5.85. The van der Waals surface area contributed by atoms with Crippen LogP contribution in [-0.4, -0.2) is 38.0 Å². The fourth-order valence-corrected chi connectivity index (χ4v) is 1.91. The average molecular weight is 259 g/mol. The lowest BCUT2D eigenvalue weighted by Gasteiger charge is -2.16. The first-order valence-corrected chi connectivity index (χ1v) is 5.29. The predicted molar refractivity (Wildman–Crippen MR) is 54.6 cm³/mol. The van der Waals surface area contributed by atoms with Crippen molar-refractivity contribution < 1.29 is 23.5 Å². The van der Waals surface area contributed by atoms with Crippen LogP contribution in [0.25, 0.3) is 0 Å². The van der Waals surface area contributed by atoms with E-state index >= 15 is 0 Å². The minimum atomic E-state index is -2.73. The highest BCUT2D eigenvalue weighted by atomic mass is 19.3. The molecule has 98 valence electrons. The molecule has 2 heterocycles. The minimum Gasteiger partial charge on any atom is -0.481 e. The van der Waals surface area contributed by atoms with E-state index in [9.17, 15) is 18.4 Å². The lowest BCUT2D eigenvalue weighted by atomic mass is 10.1. The average Bonchev–Trinajstić information content (AvgIpc) is 2.87. The number of aliphatic carboxylic acids is 1. The van der Waals surface area contributed by atoms with Gasteiger partial charge in [-0.25, -0.2) is 4.98 Å². The Balaban J connectivity index is 2.08. The number of halogens is 2.